The van der Waals surface area contributed by atoms with Crippen LogP contribution in [0.3, 0.4) is 0 Å². The Balaban J connectivity index is 0.000000147. The fourth-order valence-electron chi connectivity index (χ4n) is 11.3. The van der Waals surface area contributed by atoms with Crippen LogP contribution in [0.5, 0.6) is 11.5 Å². The smallest absolute Gasteiger partial charge is 0.368 e. The summed E-state index contributed by atoms with van der Waals surface area (Å²) in [6.07, 6.45) is 10.4. The van der Waals surface area contributed by atoms with Gasteiger partial charge in [-0.25, -0.2) is 32.7 Å². The molecule has 28 heteroatoms. The summed E-state index contributed by atoms with van der Waals surface area (Å²) in [6, 6.07) is 8.87. The van der Waals surface area contributed by atoms with Gasteiger partial charge in [-0.2, -0.15) is 28.7 Å². The number of piperidine rings is 2. The van der Waals surface area contributed by atoms with E-state index in [0.29, 0.717) is 55.6 Å². The monoisotopic (exact) mass is 1100 g/mol. The lowest BCUT2D eigenvalue weighted by molar-refractivity contribution is -0.0797. The molecule has 6 aromatic rings. The van der Waals surface area contributed by atoms with Crippen LogP contribution < -0.4 is 42.5 Å². The van der Waals surface area contributed by atoms with Crippen molar-refractivity contribution in [1.29, 1.82) is 0 Å². The van der Waals surface area contributed by atoms with Gasteiger partial charge in [0.05, 0.1) is 44.5 Å². The number of ether oxygens (including phenoxy) is 4. The van der Waals surface area contributed by atoms with Gasteiger partial charge in [0, 0.05) is 61.1 Å². The molecule has 418 valence electrons. The summed E-state index contributed by atoms with van der Waals surface area (Å²) >= 11 is 5.74. The number of hydrogen-bond acceptors (Lipinski definition) is 20. The molecule has 0 amide bonds. The molecule has 4 unspecified atom stereocenters. The summed E-state index contributed by atoms with van der Waals surface area (Å²) in [7, 11) is 2.98. The summed E-state index contributed by atoms with van der Waals surface area (Å²) in [5.41, 5.74) is 6.11. The highest BCUT2D eigenvalue weighted by Crippen LogP contribution is 2.40. The van der Waals surface area contributed by atoms with Crippen LogP contribution in [-0.4, -0.2) is 156 Å². The number of benzene rings is 2. The normalized spacial score (nSPS) is 22.6. The Morgan fingerprint density at radius 3 is 1.71 bits per heavy atom. The lowest BCUT2D eigenvalue weighted by atomic mass is 9.84. The summed E-state index contributed by atoms with van der Waals surface area (Å²) in [5, 5.41) is 24.4. The van der Waals surface area contributed by atoms with Crippen molar-refractivity contribution in [1.82, 2.24) is 69.3 Å². The molecule has 5 N–H and O–H groups in total. The maximum atomic E-state index is 15.2. The first kappa shape index (κ1) is 54.4. The van der Waals surface area contributed by atoms with Gasteiger partial charge in [0.2, 0.25) is 11.2 Å². The van der Waals surface area contributed by atoms with Gasteiger partial charge in [0.25, 0.3) is 0 Å². The summed E-state index contributed by atoms with van der Waals surface area (Å²) in [5.74, 6) is -0.806. The molecule has 6 fully saturated rings. The van der Waals surface area contributed by atoms with Gasteiger partial charge in [0.1, 0.15) is 35.1 Å². The third-order valence-corrected chi connectivity index (χ3v) is 15.2. The van der Waals surface area contributed by atoms with E-state index >= 15 is 4.39 Å². The van der Waals surface area contributed by atoms with Crippen molar-refractivity contribution >= 4 is 40.6 Å². The Morgan fingerprint density at radius 2 is 1.19 bits per heavy atom. The number of anilines is 5. The Kier molecular flexibility index (Phi) is 15.6. The van der Waals surface area contributed by atoms with E-state index in [4.69, 9.17) is 36.3 Å². The predicted molar refractivity (Wildman–Crippen MR) is 281 cm³/mol. The number of nitrogens with one attached hydrogen (secondary N) is 3. The molecular formula is C50H64ClF3N18O6. The highest BCUT2D eigenvalue weighted by molar-refractivity contribution is 6.28. The number of tetrazole rings is 2. The molecular weight excluding hydrogens is 1040 g/mol. The van der Waals surface area contributed by atoms with Crippen molar-refractivity contribution in [2.75, 3.05) is 61.2 Å². The van der Waals surface area contributed by atoms with Crippen LogP contribution in [0.1, 0.15) is 79.1 Å². The van der Waals surface area contributed by atoms with E-state index in [1.165, 1.54) is 46.0 Å². The lowest BCUT2D eigenvalue weighted by Crippen LogP contribution is -2.55. The van der Waals surface area contributed by atoms with E-state index < -0.39 is 23.1 Å². The molecule has 12 rings (SSSR count). The van der Waals surface area contributed by atoms with Gasteiger partial charge in [-0.1, -0.05) is 0 Å². The van der Waals surface area contributed by atoms with Crippen LogP contribution in [-0.2, 0) is 23.6 Å². The van der Waals surface area contributed by atoms with Crippen molar-refractivity contribution in [3.63, 3.8) is 0 Å². The first-order valence-corrected chi connectivity index (χ1v) is 26.4. The minimum Gasteiger partial charge on any atom is -0.483 e. The number of aromatic nitrogens is 12. The second-order valence-electron chi connectivity index (χ2n) is 21.7. The SMILES string of the molecule is CC1(C)CC(Nc2nc(Cl)ncc2F)CC2CCCN21.Cn1nnn(-c2cc(N)ccc2OC2COC2)c1=O.Cn1nnn(-c2cc(Nc3ncc(F)c(NC4CC5CCCN5C(C)(C)C4)n3)c(F)cc2OC2COC2)c1=O. The third-order valence-electron chi connectivity index (χ3n) is 15.0. The van der Waals surface area contributed by atoms with Crippen LogP contribution in [0.15, 0.2) is 52.3 Å². The van der Waals surface area contributed by atoms with Gasteiger partial charge < -0.3 is 40.6 Å². The van der Waals surface area contributed by atoms with Crippen molar-refractivity contribution < 1.29 is 32.1 Å². The number of nitrogens with zero attached hydrogens (tertiary/aromatic N) is 14. The highest BCUT2D eigenvalue weighted by atomic mass is 35.5. The molecule has 2 aromatic carbocycles. The Morgan fingerprint density at radius 1 is 0.679 bits per heavy atom. The van der Waals surface area contributed by atoms with Gasteiger partial charge in [-0.15, -0.1) is 0 Å². The molecule has 4 atom stereocenters. The number of halogens is 4. The van der Waals surface area contributed by atoms with Crippen molar-refractivity contribution in [2.45, 2.75) is 127 Å². The van der Waals surface area contributed by atoms with Crippen LogP contribution in [0.4, 0.5) is 42.1 Å². The number of rotatable bonds is 12. The zero-order chi connectivity index (χ0) is 55.0. The minimum atomic E-state index is -0.677. The molecule has 6 saturated heterocycles. The van der Waals surface area contributed by atoms with Crippen molar-refractivity contribution in [3.8, 4) is 22.9 Å². The van der Waals surface area contributed by atoms with E-state index in [0.717, 1.165) is 75.8 Å². The largest absolute Gasteiger partial charge is 0.483 e. The van der Waals surface area contributed by atoms with Crippen molar-refractivity contribution in [3.05, 3.63) is 86.4 Å². The Bertz CT molecular complexity index is 3240. The zero-order valence-electron chi connectivity index (χ0n) is 44.2. The number of nitrogens with two attached hydrogens (primary N) is 1. The zero-order valence-corrected chi connectivity index (χ0v) is 45.0. The second kappa shape index (κ2) is 22.4. The number of aryl methyl sites for hydroxylation is 2. The molecule has 4 aromatic heterocycles. The highest BCUT2D eigenvalue weighted by Gasteiger charge is 2.44. The first-order valence-electron chi connectivity index (χ1n) is 26.0. The molecule has 6 aliphatic rings. The fourth-order valence-corrected chi connectivity index (χ4v) is 11.4. The van der Waals surface area contributed by atoms with Crippen LogP contribution in [0.25, 0.3) is 11.4 Å². The van der Waals surface area contributed by atoms with E-state index in [1.54, 1.807) is 18.2 Å². The topological polar surface area (TPSA) is 262 Å². The van der Waals surface area contributed by atoms with E-state index in [9.17, 15) is 18.4 Å². The van der Waals surface area contributed by atoms with Crippen LogP contribution >= 0.6 is 11.6 Å². The summed E-state index contributed by atoms with van der Waals surface area (Å²) in [4.78, 5) is 45.5. The van der Waals surface area contributed by atoms with Gasteiger partial charge in [0.15, 0.2) is 29.1 Å². The quantitative estimate of drug-likeness (QED) is 0.0949. The van der Waals surface area contributed by atoms with Gasteiger partial charge in [-0.3, -0.25) is 9.80 Å². The number of nitrogen functional groups attached to an aromatic ring is 1. The molecule has 0 spiro atoms. The Labute approximate surface area is 451 Å². The van der Waals surface area contributed by atoms with E-state index in [1.807, 2.05) is 0 Å². The summed E-state index contributed by atoms with van der Waals surface area (Å²) < 4.78 is 69.8. The van der Waals surface area contributed by atoms with Gasteiger partial charge in [-0.05, 0) is 149 Å². The average molecular weight is 1110 g/mol. The second-order valence-corrected chi connectivity index (χ2v) is 22.0. The minimum absolute atomic E-state index is 0.00486. The van der Waals surface area contributed by atoms with E-state index in [-0.39, 0.29) is 81.1 Å². The molecule has 24 nitrogen and oxygen atoms in total. The third kappa shape index (κ3) is 11.9. The average Bonchev–Trinajstić information content (AvgIpc) is 4.19. The molecule has 0 bridgehead atoms. The lowest BCUT2D eigenvalue weighted by Gasteiger charge is -2.47. The van der Waals surface area contributed by atoms with Crippen LogP contribution in [0, 0.1) is 17.5 Å². The summed E-state index contributed by atoms with van der Waals surface area (Å²) in [6.45, 7) is 13.0. The van der Waals surface area contributed by atoms with E-state index in [2.05, 4.69) is 94.2 Å². The molecule has 0 aliphatic carbocycles. The molecule has 10 heterocycles. The molecule has 0 radical (unpaired) electrons. The standard InChI is InChI=1S/C25H31F2N9O3.C14H20ClFN4.C11H13N5O3/c1-25(2)10-14(7-15-5-4-6-35(15)25)29-22-18(27)11-28-23(31-22)30-19-9-20(36-24(37)34(3)32-33-36)21(8-17(19)26)39-16-12-38-13-16;1-14(2)7-9(6-10-4-3-5-20(10)14)18-12-11(16)8-17-13(15)19-12;1-15-11(17)16(14-13-15)9-4-7(12)2-3-10(9)19-8-5-18-6-8/h8-9,11,14-16H,4-7,10,12-13H2,1-3H3,(H2,28,29,30,31);8-10H,3-7H2,1-2H3,(H,17,18,19);2-4,8H,5-6,12H2,1H3. The first-order chi connectivity index (χ1) is 37.3. The number of hydrogen-bond donors (Lipinski definition) is 4. The predicted octanol–water partition coefficient (Wildman–Crippen LogP) is 4.78. The molecule has 6 aliphatic heterocycles. The van der Waals surface area contributed by atoms with Crippen LogP contribution in [0.2, 0.25) is 5.28 Å². The molecule has 0 saturated carbocycles. The fraction of sp³-hybridized carbons (Fsp3) is 0.560. The van der Waals surface area contributed by atoms with Crippen molar-refractivity contribution in [2.24, 2.45) is 14.1 Å². The maximum absolute atomic E-state index is 15.2. The molecule has 78 heavy (non-hydrogen) atoms. The van der Waals surface area contributed by atoms with Gasteiger partial charge >= 0.3 is 11.4 Å². The Hall–Kier alpha value is -6.94. The maximum Gasteiger partial charge on any atom is 0.368 e. The number of fused-ring (bicyclic) bond motifs is 2.